The minimum absolute atomic E-state index is 0.0423. The molecule has 0 amide bonds. The third-order valence-electron chi connectivity index (χ3n) is 4.27. The van der Waals surface area contributed by atoms with Crippen LogP contribution in [0.2, 0.25) is 0 Å². The molecule has 3 nitrogen and oxygen atoms in total. The SMILES string of the molecule is O=c1cccc2c1ccc1c2ccc2oc3ccccc3nc21. The summed E-state index contributed by atoms with van der Waals surface area (Å²) in [5.41, 5.74) is 3.20. The number of nitrogens with zero attached hydrogens (tertiary/aromatic N) is 1. The molecule has 0 aliphatic heterocycles. The lowest BCUT2D eigenvalue weighted by atomic mass is 10.0. The Balaban J connectivity index is 2.03. The van der Waals surface area contributed by atoms with Crippen molar-refractivity contribution < 1.29 is 4.42 Å². The molecule has 0 N–H and O–H groups in total. The van der Waals surface area contributed by atoms with Crippen LogP contribution in [-0.2, 0) is 0 Å². The molecule has 0 bridgehead atoms. The van der Waals surface area contributed by atoms with Gasteiger partial charge in [0, 0.05) is 10.8 Å². The first-order valence-electron chi connectivity index (χ1n) is 7.45. The second-order valence-electron chi connectivity index (χ2n) is 5.61. The van der Waals surface area contributed by atoms with Gasteiger partial charge in [0.15, 0.2) is 16.6 Å². The zero-order valence-electron chi connectivity index (χ0n) is 12.1. The first-order valence-corrected chi connectivity index (χ1v) is 7.45. The molecule has 3 heteroatoms. The second-order valence-corrected chi connectivity index (χ2v) is 5.61. The van der Waals surface area contributed by atoms with Gasteiger partial charge >= 0.3 is 0 Å². The van der Waals surface area contributed by atoms with E-state index in [0.29, 0.717) is 0 Å². The van der Waals surface area contributed by atoms with Gasteiger partial charge in [-0.15, -0.1) is 0 Å². The standard InChI is InChI=1S/C20H11NO2/c22-17-6-3-4-12-13-10-11-19-20(15(13)9-8-14(12)17)21-16-5-1-2-7-18(16)23-19/h1-11H. The Bertz CT molecular complexity index is 1290. The van der Waals surface area contributed by atoms with E-state index in [-0.39, 0.29) is 5.43 Å². The first-order chi connectivity index (χ1) is 11.3. The quantitative estimate of drug-likeness (QED) is 0.309. The van der Waals surface area contributed by atoms with Gasteiger partial charge in [0.05, 0.1) is 0 Å². The van der Waals surface area contributed by atoms with Crippen LogP contribution in [0.5, 0.6) is 0 Å². The number of fused-ring (bicyclic) bond motifs is 6. The average Bonchev–Trinajstić information content (AvgIpc) is 2.60. The summed E-state index contributed by atoms with van der Waals surface area (Å²) in [7, 11) is 0. The van der Waals surface area contributed by atoms with Crippen molar-refractivity contribution in [1.82, 2.24) is 4.98 Å². The topological polar surface area (TPSA) is 43.1 Å². The van der Waals surface area contributed by atoms with Crippen molar-refractivity contribution in [2.45, 2.75) is 0 Å². The first kappa shape index (κ1) is 12.4. The Morgan fingerprint density at radius 1 is 0.652 bits per heavy atom. The highest BCUT2D eigenvalue weighted by atomic mass is 16.3. The van der Waals surface area contributed by atoms with Crippen molar-refractivity contribution in [3.8, 4) is 0 Å². The highest BCUT2D eigenvalue weighted by Gasteiger charge is 2.09. The van der Waals surface area contributed by atoms with E-state index in [2.05, 4.69) is 0 Å². The van der Waals surface area contributed by atoms with Crippen molar-refractivity contribution in [2.24, 2.45) is 0 Å². The van der Waals surface area contributed by atoms with Crippen molar-refractivity contribution in [2.75, 3.05) is 0 Å². The zero-order chi connectivity index (χ0) is 15.4. The Hall–Kier alpha value is -3.20. The molecule has 0 spiro atoms. The van der Waals surface area contributed by atoms with E-state index in [4.69, 9.17) is 9.40 Å². The van der Waals surface area contributed by atoms with E-state index < -0.39 is 0 Å². The lowest BCUT2D eigenvalue weighted by Gasteiger charge is -2.07. The number of aromatic nitrogens is 1. The lowest BCUT2D eigenvalue weighted by molar-refractivity contribution is 0.657. The Kier molecular flexibility index (Phi) is 2.36. The van der Waals surface area contributed by atoms with Crippen molar-refractivity contribution in [1.29, 1.82) is 0 Å². The molecule has 4 aromatic carbocycles. The Morgan fingerprint density at radius 3 is 2.39 bits per heavy atom. The number of benzene rings is 4. The van der Waals surface area contributed by atoms with Gasteiger partial charge in [0.2, 0.25) is 0 Å². The molecule has 108 valence electrons. The third kappa shape index (κ3) is 1.70. The fraction of sp³-hybridized carbons (Fsp3) is 0. The average molecular weight is 297 g/mol. The molecule has 1 aromatic heterocycles. The fourth-order valence-corrected chi connectivity index (χ4v) is 3.18. The van der Waals surface area contributed by atoms with Crippen molar-refractivity contribution in [3.63, 3.8) is 0 Å². The van der Waals surface area contributed by atoms with Crippen LogP contribution in [0, 0.1) is 0 Å². The summed E-state index contributed by atoms with van der Waals surface area (Å²) in [4.78, 5) is 16.8. The summed E-state index contributed by atoms with van der Waals surface area (Å²) in [6.07, 6.45) is 0. The highest BCUT2D eigenvalue weighted by molar-refractivity contribution is 6.15. The van der Waals surface area contributed by atoms with Gasteiger partial charge < -0.3 is 4.42 Å². The smallest absolute Gasteiger partial charge is 0.186 e. The van der Waals surface area contributed by atoms with Crippen LogP contribution in [-0.4, -0.2) is 4.98 Å². The molecule has 0 aliphatic rings. The molecule has 0 saturated carbocycles. The Morgan fingerprint density at radius 2 is 1.43 bits per heavy atom. The van der Waals surface area contributed by atoms with Crippen LogP contribution in [0.3, 0.4) is 0 Å². The van der Waals surface area contributed by atoms with Gasteiger partial charge in [-0.2, -0.15) is 0 Å². The molecule has 0 unspecified atom stereocenters. The molecular formula is C20H11NO2. The number of hydrogen-bond acceptors (Lipinski definition) is 3. The predicted molar refractivity (Wildman–Crippen MR) is 92.8 cm³/mol. The molecule has 0 fully saturated rings. The van der Waals surface area contributed by atoms with Crippen LogP contribution in [0.15, 0.2) is 75.9 Å². The molecule has 5 aromatic rings. The minimum Gasteiger partial charge on any atom is -0.453 e. The summed E-state index contributed by atoms with van der Waals surface area (Å²) in [6, 6.07) is 20.9. The number of rotatable bonds is 0. The summed E-state index contributed by atoms with van der Waals surface area (Å²) >= 11 is 0. The Labute approximate surface area is 130 Å². The van der Waals surface area contributed by atoms with Crippen molar-refractivity contribution >= 4 is 43.7 Å². The summed E-state index contributed by atoms with van der Waals surface area (Å²) in [5, 5.41) is 3.70. The molecule has 0 atom stereocenters. The van der Waals surface area contributed by atoms with Crippen LogP contribution in [0.25, 0.3) is 43.7 Å². The summed E-state index contributed by atoms with van der Waals surface area (Å²) in [6.45, 7) is 0. The number of para-hydroxylation sites is 2. The van der Waals surface area contributed by atoms with E-state index in [9.17, 15) is 4.79 Å². The van der Waals surface area contributed by atoms with Gasteiger partial charge in [-0.25, -0.2) is 4.98 Å². The maximum absolute atomic E-state index is 12.0. The molecule has 0 radical (unpaired) electrons. The normalized spacial score (nSPS) is 11.7. The van der Waals surface area contributed by atoms with E-state index in [1.54, 1.807) is 12.1 Å². The third-order valence-corrected chi connectivity index (χ3v) is 4.27. The van der Waals surface area contributed by atoms with E-state index in [1.165, 1.54) is 0 Å². The van der Waals surface area contributed by atoms with E-state index in [1.807, 2.05) is 54.6 Å². The van der Waals surface area contributed by atoms with Crippen LogP contribution in [0.1, 0.15) is 0 Å². The minimum atomic E-state index is 0.0423. The lowest BCUT2D eigenvalue weighted by Crippen LogP contribution is -1.98. The predicted octanol–water partition coefficient (Wildman–Crippen LogP) is 4.65. The van der Waals surface area contributed by atoms with Gasteiger partial charge in [0.25, 0.3) is 0 Å². The molecular weight excluding hydrogens is 286 g/mol. The molecule has 23 heavy (non-hydrogen) atoms. The van der Waals surface area contributed by atoms with E-state index >= 15 is 0 Å². The maximum Gasteiger partial charge on any atom is 0.186 e. The largest absolute Gasteiger partial charge is 0.453 e. The maximum atomic E-state index is 12.0. The molecule has 1 heterocycles. The summed E-state index contributed by atoms with van der Waals surface area (Å²) in [5.74, 6) is 0. The fourth-order valence-electron chi connectivity index (χ4n) is 3.18. The van der Waals surface area contributed by atoms with Crippen LogP contribution < -0.4 is 5.43 Å². The van der Waals surface area contributed by atoms with Crippen LogP contribution >= 0.6 is 0 Å². The van der Waals surface area contributed by atoms with Gasteiger partial charge in [-0.1, -0.05) is 30.3 Å². The molecule has 0 aliphatic carbocycles. The van der Waals surface area contributed by atoms with Gasteiger partial charge in [-0.3, -0.25) is 4.79 Å². The van der Waals surface area contributed by atoms with Gasteiger partial charge in [-0.05, 0) is 47.2 Å². The van der Waals surface area contributed by atoms with Crippen LogP contribution in [0.4, 0.5) is 0 Å². The van der Waals surface area contributed by atoms with Gasteiger partial charge in [0.1, 0.15) is 11.0 Å². The molecule has 0 saturated heterocycles. The monoisotopic (exact) mass is 297 g/mol. The van der Waals surface area contributed by atoms with Crippen molar-refractivity contribution in [3.05, 3.63) is 77.0 Å². The molecule has 5 rings (SSSR count). The van der Waals surface area contributed by atoms with E-state index in [0.717, 1.165) is 43.7 Å². The highest BCUT2D eigenvalue weighted by Crippen LogP contribution is 2.30. The summed E-state index contributed by atoms with van der Waals surface area (Å²) < 4.78 is 5.97. The zero-order valence-corrected chi connectivity index (χ0v) is 12.1. The second kappa shape index (κ2) is 4.40. The number of hydrogen-bond donors (Lipinski definition) is 0.